The number of rotatable bonds is 7. The molecule has 0 unspecified atom stereocenters. The average molecular weight is 268 g/mol. The summed E-state index contributed by atoms with van der Waals surface area (Å²) in [6.45, 7) is 5.53. The zero-order valence-electron chi connectivity index (χ0n) is 11.1. The molecule has 100 valence electrons. The molecule has 0 saturated heterocycles. The van der Waals surface area contributed by atoms with Crippen LogP contribution in [0.1, 0.15) is 19.5 Å². The molecule has 0 aliphatic heterocycles. The Morgan fingerprint density at radius 3 is 2.56 bits per heavy atom. The van der Waals surface area contributed by atoms with Gasteiger partial charge in [0.25, 0.3) is 0 Å². The van der Waals surface area contributed by atoms with Gasteiger partial charge in [0.2, 0.25) is 5.91 Å². The number of aromatic nitrogens is 2. The van der Waals surface area contributed by atoms with Crippen molar-refractivity contribution in [2.24, 2.45) is 0 Å². The van der Waals surface area contributed by atoms with Crippen molar-refractivity contribution in [1.82, 2.24) is 14.9 Å². The first-order chi connectivity index (χ1) is 8.71. The standard InChI is InChI=1S/C12H20N4OS/c1-4-16(5-2)12(17)9-18-8-10-6-15-11(13-3)7-14-10/h6-7H,4-5,8-9H2,1-3H3,(H,13,15). The van der Waals surface area contributed by atoms with E-state index in [1.165, 1.54) is 0 Å². The molecule has 0 fully saturated rings. The maximum Gasteiger partial charge on any atom is 0.232 e. The van der Waals surface area contributed by atoms with Crippen molar-refractivity contribution in [3.63, 3.8) is 0 Å². The number of nitrogens with one attached hydrogen (secondary N) is 1. The van der Waals surface area contributed by atoms with Gasteiger partial charge in [-0.25, -0.2) is 4.98 Å². The Balaban J connectivity index is 2.34. The van der Waals surface area contributed by atoms with Crippen LogP contribution in [0.25, 0.3) is 0 Å². The normalized spacial score (nSPS) is 10.2. The molecule has 1 amide bonds. The van der Waals surface area contributed by atoms with Crippen molar-refractivity contribution < 1.29 is 4.79 Å². The highest BCUT2D eigenvalue weighted by Crippen LogP contribution is 2.11. The summed E-state index contributed by atoms with van der Waals surface area (Å²) in [5, 5.41) is 2.92. The van der Waals surface area contributed by atoms with Crippen LogP contribution in [-0.4, -0.2) is 46.7 Å². The molecule has 1 aromatic heterocycles. The highest BCUT2D eigenvalue weighted by molar-refractivity contribution is 7.99. The largest absolute Gasteiger partial charge is 0.372 e. The van der Waals surface area contributed by atoms with Gasteiger partial charge >= 0.3 is 0 Å². The molecule has 1 rings (SSSR count). The molecular formula is C12H20N4OS. The van der Waals surface area contributed by atoms with Crippen LogP contribution in [0.4, 0.5) is 5.82 Å². The lowest BCUT2D eigenvalue weighted by Gasteiger charge is -2.18. The van der Waals surface area contributed by atoms with Gasteiger partial charge < -0.3 is 10.2 Å². The first-order valence-electron chi connectivity index (χ1n) is 6.05. The van der Waals surface area contributed by atoms with E-state index >= 15 is 0 Å². The topological polar surface area (TPSA) is 58.1 Å². The van der Waals surface area contributed by atoms with Gasteiger partial charge in [-0.1, -0.05) is 0 Å². The molecule has 1 N–H and O–H groups in total. The quantitative estimate of drug-likeness (QED) is 0.814. The predicted molar refractivity (Wildman–Crippen MR) is 75.7 cm³/mol. The Bertz CT molecular complexity index is 365. The van der Waals surface area contributed by atoms with E-state index in [1.54, 1.807) is 31.2 Å². The van der Waals surface area contributed by atoms with Crippen molar-refractivity contribution in [3.05, 3.63) is 18.1 Å². The molecule has 0 saturated carbocycles. The molecule has 0 aromatic carbocycles. The van der Waals surface area contributed by atoms with Crippen LogP contribution in [0.15, 0.2) is 12.4 Å². The number of hydrogen-bond acceptors (Lipinski definition) is 5. The lowest BCUT2D eigenvalue weighted by atomic mass is 10.5. The minimum absolute atomic E-state index is 0.185. The van der Waals surface area contributed by atoms with E-state index in [9.17, 15) is 4.79 Å². The zero-order valence-corrected chi connectivity index (χ0v) is 12.0. The van der Waals surface area contributed by atoms with Gasteiger partial charge in [-0.3, -0.25) is 9.78 Å². The average Bonchev–Trinajstić information content (AvgIpc) is 2.41. The fourth-order valence-electron chi connectivity index (χ4n) is 1.47. The van der Waals surface area contributed by atoms with Crippen molar-refractivity contribution >= 4 is 23.5 Å². The Labute approximate surface area is 112 Å². The summed E-state index contributed by atoms with van der Waals surface area (Å²) in [5.41, 5.74) is 0.895. The van der Waals surface area contributed by atoms with Crippen LogP contribution < -0.4 is 5.32 Å². The van der Waals surface area contributed by atoms with E-state index in [2.05, 4.69) is 15.3 Å². The van der Waals surface area contributed by atoms with Crippen molar-refractivity contribution in [1.29, 1.82) is 0 Å². The molecule has 0 spiro atoms. The minimum Gasteiger partial charge on any atom is -0.372 e. The van der Waals surface area contributed by atoms with Gasteiger partial charge in [0.1, 0.15) is 5.82 Å². The maximum atomic E-state index is 11.8. The maximum absolute atomic E-state index is 11.8. The number of carbonyl (C=O) groups is 1. The van der Waals surface area contributed by atoms with E-state index in [-0.39, 0.29) is 5.91 Å². The third-order valence-electron chi connectivity index (χ3n) is 2.55. The minimum atomic E-state index is 0.185. The van der Waals surface area contributed by atoms with Crippen LogP contribution >= 0.6 is 11.8 Å². The van der Waals surface area contributed by atoms with Crippen LogP contribution in [0, 0.1) is 0 Å². The summed E-state index contributed by atoms with van der Waals surface area (Å²) < 4.78 is 0. The molecule has 1 aromatic rings. The lowest BCUT2D eigenvalue weighted by molar-refractivity contribution is -0.127. The smallest absolute Gasteiger partial charge is 0.232 e. The number of anilines is 1. The summed E-state index contributed by atoms with van der Waals surface area (Å²) in [7, 11) is 1.81. The lowest BCUT2D eigenvalue weighted by Crippen LogP contribution is -2.31. The summed E-state index contributed by atoms with van der Waals surface area (Å²) in [6.07, 6.45) is 3.43. The number of thioether (sulfide) groups is 1. The number of nitrogens with zero attached hydrogens (tertiary/aromatic N) is 3. The monoisotopic (exact) mass is 268 g/mol. The Morgan fingerprint density at radius 1 is 1.33 bits per heavy atom. The molecule has 5 nitrogen and oxygen atoms in total. The molecule has 1 heterocycles. The van der Waals surface area contributed by atoms with Crippen LogP contribution in [0.2, 0.25) is 0 Å². The third-order valence-corrected chi connectivity index (χ3v) is 3.50. The van der Waals surface area contributed by atoms with Crippen molar-refractivity contribution in [2.45, 2.75) is 19.6 Å². The van der Waals surface area contributed by atoms with Gasteiger partial charge in [-0.15, -0.1) is 11.8 Å². The number of carbonyl (C=O) groups excluding carboxylic acids is 1. The van der Waals surface area contributed by atoms with Crippen LogP contribution in [0.3, 0.4) is 0 Å². The Morgan fingerprint density at radius 2 is 2.06 bits per heavy atom. The molecule has 0 atom stereocenters. The first-order valence-corrected chi connectivity index (χ1v) is 7.20. The fraction of sp³-hybridized carbons (Fsp3) is 0.583. The first kappa shape index (κ1) is 14.8. The molecule has 0 aliphatic rings. The van der Waals surface area contributed by atoms with E-state index in [1.807, 2.05) is 18.7 Å². The van der Waals surface area contributed by atoms with Gasteiger partial charge in [0.15, 0.2) is 0 Å². The second-order valence-electron chi connectivity index (χ2n) is 3.70. The summed E-state index contributed by atoms with van der Waals surface area (Å²) >= 11 is 1.57. The van der Waals surface area contributed by atoms with E-state index in [4.69, 9.17) is 0 Å². The summed E-state index contributed by atoms with van der Waals surface area (Å²) in [4.78, 5) is 22.0. The van der Waals surface area contributed by atoms with Crippen molar-refractivity contribution in [2.75, 3.05) is 31.2 Å². The zero-order chi connectivity index (χ0) is 13.4. The highest BCUT2D eigenvalue weighted by atomic mass is 32.2. The van der Waals surface area contributed by atoms with Gasteiger partial charge in [-0.05, 0) is 13.8 Å². The molecule has 18 heavy (non-hydrogen) atoms. The van der Waals surface area contributed by atoms with Crippen LogP contribution in [-0.2, 0) is 10.5 Å². The van der Waals surface area contributed by atoms with E-state index in [0.717, 1.165) is 24.6 Å². The SMILES string of the molecule is CCN(CC)C(=O)CSCc1cnc(NC)cn1. The fourth-order valence-corrected chi connectivity index (χ4v) is 2.29. The van der Waals surface area contributed by atoms with Gasteiger partial charge in [0, 0.05) is 25.9 Å². The Kier molecular flexibility index (Phi) is 6.49. The van der Waals surface area contributed by atoms with E-state index < -0.39 is 0 Å². The second kappa shape index (κ2) is 7.92. The van der Waals surface area contributed by atoms with Crippen LogP contribution in [0.5, 0.6) is 0 Å². The van der Waals surface area contributed by atoms with Crippen molar-refractivity contribution in [3.8, 4) is 0 Å². The predicted octanol–water partition coefficient (Wildman–Crippen LogP) is 1.62. The summed E-state index contributed by atoms with van der Waals surface area (Å²) in [5.74, 6) is 2.15. The molecule has 0 bridgehead atoms. The van der Waals surface area contributed by atoms with E-state index in [0.29, 0.717) is 11.5 Å². The molecule has 6 heteroatoms. The second-order valence-corrected chi connectivity index (χ2v) is 4.69. The molecule has 0 radical (unpaired) electrons. The summed E-state index contributed by atoms with van der Waals surface area (Å²) in [6, 6.07) is 0. The van der Waals surface area contributed by atoms with Gasteiger partial charge in [0.05, 0.1) is 23.8 Å². The molecule has 0 aliphatic carbocycles. The molecular weight excluding hydrogens is 248 g/mol. The van der Waals surface area contributed by atoms with Gasteiger partial charge in [-0.2, -0.15) is 0 Å². The third kappa shape index (κ3) is 4.52. The Hall–Kier alpha value is -1.30. The highest BCUT2D eigenvalue weighted by Gasteiger charge is 2.09. The number of amides is 1. The number of hydrogen-bond donors (Lipinski definition) is 1.